The first-order chi connectivity index (χ1) is 7.80. The van der Waals surface area contributed by atoms with Gasteiger partial charge in [-0.2, -0.15) is 5.26 Å². The molecule has 0 radical (unpaired) electrons. The molecular formula is C12H12N2O2. The van der Waals surface area contributed by atoms with Crippen molar-refractivity contribution < 1.29 is 9.47 Å². The fourth-order valence-electron chi connectivity index (χ4n) is 1.74. The van der Waals surface area contributed by atoms with Crippen LogP contribution in [0.2, 0.25) is 0 Å². The number of H-pyrrole nitrogens is 1. The van der Waals surface area contributed by atoms with Gasteiger partial charge in [-0.05, 0) is 11.6 Å². The third-order valence-corrected chi connectivity index (χ3v) is 2.54. The molecule has 0 bridgehead atoms. The van der Waals surface area contributed by atoms with Gasteiger partial charge < -0.3 is 14.5 Å². The first kappa shape index (κ1) is 10.4. The molecule has 1 aromatic carbocycles. The number of aromatic nitrogens is 1. The minimum absolute atomic E-state index is 0.371. The summed E-state index contributed by atoms with van der Waals surface area (Å²) in [7, 11) is 3.22. The van der Waals surface area contributed by atoms with Crippen molar-refractivity contribution in [2.75, 3.05) is 14.2 Å². The fourth-order valence-corrected chi connectivity index (χ4v) is 1.74. The minimum Gasteiger partial charge on any atom is -0.497 e. The topological polar surface area (TPSA) is 58.0 Å². The molecule has 2 rings (SSSR count). The third-order valence-electron chi connectivity index (χ3n) is 2.54. The van der Waals surface area contributed by atoms with Crippen LogP contribution in [-0.4, -0.2) is 19.2 Å². The molecule has 0 aliphatic carbocycles. The van der Waals surface area contributed by atoms with E-state index in [1.165, 1.54) is 0 Å². The Balaban J connectivity index is 2.67. The highest BCUT2D eigenvalue weighted by Gasteiger charge is 2.10. The van der Waals surface area contributed by atoms with Gasteiger partial charge in [0.1, 0.15) is 11.5 Å². The Morgan fingerprint density at radius 1 is 1.31 bits per heavy atom. The Bertz CT molecular complexity index is 552. The van der Waals surface area contributed by atoms with Crippen molar-refractivity contribution in [3.63, 3.8) is 0 Å². The molecule has 0 atom stereocenters. The number of nitrogens with one attached hydrogen (secondary N) is 1. The van der Waals surface area contributed by atoms with Gasteiger partial charge in [-0.15, -0.1) is 0 Å². The van der Waals surface area contributed by atoms with Crippen LogP contribution in [0.5, 0.6) is 11.5 Å². The zero-order valence-corrected chi connectivity index (χ0v) is 9.20. The summed E-state index contributed by atoms with van der Waals surface area (Å²) >= 11 is 0. The van der Waals surface area contributed by atoms with E-state index in [1.54, 1.807) is 14.2 Å². The summed E-state index contributed by atoms with van der Waals surface area (Å²) in [5.74, 6) is 1.45. The van der Waals surface area contributed by atoms with E-state index in [4.69, 9.17) is 14.7 Å². The highest BCUT2D eigenvalue weighted by Crippen LogP contribution is 2.32. The molecule has 0 aliphatic rings. The Hall–Kier alpha value is -2.15. The molecule has 0 spiro atoms. The number of hydrogen-bond acceptors (Lipinski definition) is 3. The molecule has 1 aromatic heterocycles. The van der Waals surface area contributed by atoms with Crippen molar-refractivity contribution in [2.24, 2.45) is 0 Å². The van der Waals surface area contributed by atoms with Crippen molar-refractivity contribution in [2.45, 2.75) is 6.42 Å². The van der Waals surface area contributed by atoms with Crippen LogP contribution in [0.15, 0.2) is 18.3 Å². The molecule has 0 saturated heterocycles. The van der Waals surface area contributed by atoms with Gasteiger partial charge in [0.2, 0.25) is 0 Å². The summed E-state index contributed by atoms with van der Waals surface area (Å²) in [6, 6.07) is 5.85. The van der Waals surface area contributed by atoms with Crippen LogP contribution in [-0.2, 0) is 6.42 Å². The van der Waals surface area contributed by atoms with Crippen molar-refractivity contribution in [3.8, 4) is 17.6 Å². The summed E-state index contributed by atoms with van der Waals surface area (Å²) < 4.78 is 10.5. The van der Waals surface area contributed by atoms with Gasteiger partial charge in [0.25, 0.3) is 0 Å². The quantitative estimate of drug-likeness (QED) is 0.856. The Morgan fingerprint density at radius 2 is 2.12 bits per heavy atom. The fraction of sp³-hybridized carbons (Fsp3) is 0.250. The number of nitriles is 1. The van der Waals surface area contributed by atoms with Crippen molar-refractivity contribution in [3.05, 3.63) is 23.9 Å². The minimum atomic E-state index is 0.371. The average Bonchev–Trinajstić information content (AvgIpc) is 2.72. The summed E-state index contributed by atoms with van der Waals surface area (Å²) in [4.78, 5) is 3.11. The van der Waals surface area contributed by atoms with E-state index in [2.05, 4.69) is 11.1 Å². The van der Waals surface area contributed by atoms with Crippen LogP contribution in [0.3, 0.4) is 0 Å². The standard InChI is InChI=1S/C12H12N2O2/c1-15-9-5-10-8(3-4-13)7-14-12(10)11(6-9)16-2/h5-7,14H,3H2,1-2H3. The van der Waals surface area contributed by atoms with E-state index in [1.807, 2.05) is 18.3 Å². The van der Waals surface area contributed by atoms with E-state index >= 15 is 0 Å². The molecular weight excluding hydrogens is 204 g/mol. The normalized spacial score (nSPS) is 10.1. The molecule has 1 heterocycles. The predicted molar refractivity (Wildman–Crippen MR) is 60.7 cm³/mol. The summed E-state index contributed by atoms with van der Waals surface area (Å²) in [5.41, 5.74) is 1.85. The number of aromatic amines is 1. The van der Waals surface area contributed by atoms with Crippen molar-refractivity contribution in [1.29, 1.82) is 5.26 Å². The van der Waals surface area contributed by atoms with Crippen LogP contribution in [0.4, 0.5) is 0 Å². The van der Waals surface area contributed by atoms with Gasteiger partial charge in [0, 0.05) is 17.6 Å². The van der Waals surface area contributed by atoms with Gasteiger partial charge in [0.05, 0.1) is 32.2 Å². The van der Waals surface area contributed by atoms with E-state index < -0.39 is 0 Å². The van der Waals surface area contributed by atoms with Crippen molar-refractivity contribution >= 4 is 10.9 Å². The number of methoxy groups -OCH3 is 2. The molecule has 0 amide bonds. The first-order valence-corrected chi connectivity index (χ1v) is 4.89. The van der Waals surface area contributed by atoms with E-state index in [0.29, 0.717) is 6.42 Å². The van der Waals surface area contributed by atoms with Gasteiger partial charge in [-0.3, -0.25) is 0 Å². The number of rotatable bonds is 3. The van der Waals surface area contributed by atoms with E-state index in [-0.39, 0.29) is 0 Å². The number of ether oxygens (including phenoxy) is 2. The molecule has 4 nitrogen and oxygen atoms in total. The number of fused-ring (bicyclic) bond motifs is 1. The maximum absolute atomic E-state index is 8.72. The first-order valence-electron chi connectivity index (χ1n) is 4.89. The maximum atomic E-state index is 8.72. The Kier molecular flexibility index (Phi) is 2.69. The molecule has 1 N–H and O–H groups in total. The maximum Gasteiger partial charge on any atom is 0.146 e. The zero-order valence-electron chi connectivity index (χ0n) is 9.20. The summed E-state index contributed by atoms with van der Waals surface area (Å²) in [6.07, 6.45) is 2.20. The lowest BCUT2D eigenvalue weighted by molar-refractivity contribution is 0.397. The molecule has 0 aliphatic heterocycles. The number of nitrogens with zero attached hydrogens (tertiary/aromatic N) is 1. The molecule has 0 fully saturated rings. The predicted octanol–water partition coefficient (Wildman–Crippen LogP) is 2.25. The van der Waals surface area contributed by atoms with E-state index in [9.17, 15) is 0 Å². The largest absolute Gasteiger partial charge is 0.497 e. The van der Waals surface area contributed by atoms with Crippen LogP contribution in [0, 0.1) is 11.3 Å². The monoisotopic (exact) mass is 216 g/mol. The second-order valence-corrected chi connectivity index (χ2v) is 3.40. The molecule has 4 heteroatoms. The summed E-state index contributed by atoms with van der Waals surface area (Å²) in [5, 5.41) is 9.69. The Morgan fingerprint density at radius 3 is 2.75 bits per heavy atom. The van der Waals surface area contributed by atoms with Crippen LogP contribution >= 0.6 is 0 Å². The lowest BCUT2D eigenvalue weighted by Gasteiger charge is -2.06. The van der Waals surface area contributed by atoms with Crippen molar-refractivity contribution in [1.82, 2.24) is 4.98 Å². The lowest BCUT2D eigenvalue weighted by atomic mass is 10.1. The highest BCUT2D eigenvalue weighted by molar-refractivity contribution is 5.90. The van der Waals surface area contributed by atoms with Gasteiger partial charge >= 0.3 is 0 Å². The molecule has 0 unspecified atom stereocenters. The number of benzene rings is 1. The number of hydrogen-bond donors (Lipinski definition) is 1. The van der Waals surface area contributed by atoms with Gasteiger partial charge in [-0.25, -0.2) is 0 Å². The SMILES string of the molecule is COc1cc(OC)c2[nH]cc(CC#N)c2c1. The zero-order chi connectivity index (χ0) is 11.5. The van der Waals surface area contributed by atoms with Crippen LogP contribution < -0.4 is 9.47 Å². The average molecular weight is 216 g/mol. The lowest BCUT2D eigenvalue weighted by Crippen LogP contribution is -1.88. The van der Waals surface area contributed by atoms with E-state index in [0.717, 1.165) is 28.0 Å². The van der Waals surface area contributed by atoms with Crippen LogP contribution in [0.25, 0.3) is 10.9 Å². The van der Waals surface area contributed by atoms with Gasteiger partial charge in [0.15, 0.2) is 0 Å². The van der Waals surface area contributed by atoms with Crippen LogP contribution in [0.1, 0.15) is 5.56 Å². The smallest absolute Gasteiger partial charge is 0.146 e. The molecule has 2 aromatic rings. The highest BCUT2D eigenvalue weighted by atomic mass is 16.5. The van der Waals surface area contributed by atoms with Gasteiger partial charge in [-0.1, -0.05) is 0 Å². The second kappa shape index (κ2) is 4.15. The Labute approximate surface area is 93.4 Å². The molecule has 0 saturated carbocycles. The third kappa shape index (κ3) is 1.57. The summed E-state index contributed by atoms with van der Waals surface area (Å²) in [6.45, 7) is 0. The molecule has 16 heavy (non-hydrogen) atoms. The second-order valence-electron chi connectivity index (χ2n) is 3.40. The molecule has 82 valence electrons.